The van der Waals surface area contributed by atoms with Crippen LogP contribution in [-0.4, -0.2) is 17.4 Å². The Labute approximate surface area is 147 Å². The highest BCUT2D eigenvalue weighted by Crippen LogP contribution is 2.33. The number of carbonyl (C=O) groups excluding carboxylic acids is 1. The summed E-state index contributed by atoms with van der Waals surface area (Å²) < 4.78 is 5.70. The Kier molecular flexibility index (Phi) is 6.17. The van der Waals surface area contributed by atoms with Crippen LogP contribution in [0, 0.1) is 5.41 Å². The molecular weight excluding hydrogens is 326 g/mol. The molecule has 24 heavy (non-hydrogen) atoms. The number of ether oxygens (including phenoxy) is 1. The van der Waals surface area contributed by atoms with Crippen molar-refractivity contribution in [3.05, 3.63) is 47.7 Å². The maximum absolute atomic E-state index is 12.5. The number of benzene rings is 1. The minimum absolute atomic E-state index is 0.0890. The Hall–Kier alpha value is -2.11. The summed E-state index contributed by atoms with van der Waals surface area (Å²) >= 11 is 6.26. The van der Waals surface area contributed by atoms with E-state index >= 15 is 0 Å². The second-order valence-electron chi connectivity index (χ2n) is 5.58. The molecule has 0 fully saturated rings. The highest BCUT2D eigenvalue weighted by Gasteiger charge is 2.33. The van der Waals surface area contributed by atoms with Gasteiger partial charge in [-0.05, 0) is 43.2 Å². The molecule has 0 atom stereocenters. The van der Waals surface area contributed by atoms with Gasteiger partial charge in [-0.15, -0.1) is 0 Å². The van der Waals surface area contributed by atoms with Crippen LogP contribution in [-0.2, 0) is 4.79 Å². The molecule has 1 heterocycles. The summed E-state index contributed by atoms with van der Waals surface area (Å²) in [5, 5.41) is 3.31. The Morgan fingerprint density at radius 2 is 1.92 bits per heavy atom. The molecule has 0 spiro atoms. The van der Waals surface area contributed by atoms with Crippen LogP contribution < -0.4 is 15.8 Å². The molecule has 0 radical (unpaired) electrons. The summed E-state index contributed by atoms with van der Waals surface area (Å²) in [6.07, 6.45) is 4.64. The van der Waals surface area contributed by atoms with E-state index in [9.17, 15) is 4.79 Å². The van der Waals surface area contributed by atoms with Crippen molar-refractivity contribution in [2.45, 2.75) is 26.7 Å². The zero-order valence-corrected chi connectivity index (χ0v) is 14.6. The second kappa shape index (κ2) is 8.13. The maximum atomic E-state index is 12.5. The van der Waals surface area contributed by atoms with Gasteiger partial charge in [0.25, 0.3) is 0 Å². The zero-order chi connectivity index (χ0) is 17.6. The first-order valence-electron chi connectivity index (χ1n) is 7.93. The van der Waals surface area contributed by atoms with Gasteiger partial charge in [0.05, 0.1) is 10.4 Å². The lowest BCUT2D eigenvalue weighted by Crippen LogP contribution is -2.41. The van der Waals surface area contributed by atoms with Gasteiger partial charge in [-0.25, -0.2) is 0 Å². The molecule has 128 valence electrons. The molecule has 0 bridgehead atoms. The summed E-state index contributed by atoms with van der Waals surface area (Å²) in [5.41, 5.74) is 5.87. The van der Waals surface area contributed by atoms with Crippen molar-refractivity contribution in [1.82, 2.24) is 4.98 Å². The first kappa shape index (κ1) is 18.2. The molecule has 0 aliphatic carbocycles. The lowest BCUT2D eigenvalue weighted by Gasteiger charge is -2.28. The van der Waals surface area contributed by atoms with Crippen molar-refractivity contribution in [2.75, 3.05) is 11.9 Å². The molecule has 6 heteroatoms. The van der Waals surface area contributed by atoms with Crippen LogP contribution in [0.2, 0.25) is 5.02 Å². The molecular formula is C18H22ClN3O2. The molecule has 0 aliphatic rings. The molecule has 0 aliphatic heterocycles. The maximum Gasteiger partial charge on any atom is 0.231 e. The number of carbonyl (C=O) groups is 1. The first-order valence-corrected chi connectivity index (χ1v) is 8.31. The molecule has 3 N–H and O–H groups in total. The van der Waals surface area contributed by atoms with Gasteiger partial charge >= 0.3 is 0 Å². The van der Waals surface area contributed by atoms with E-state index in [1.54, 1.807) is 42.7 Å². The zero-order valence-electron chi connectivity index (χ0n) is 13.9. The predicted octanol–water partition coefficient (Wildman–Crippen LogP) is 4.23. The quantitative estimate of drug-likeness (QED) is 0.785. The summed E-state index contributed by atoms with van der Waals surface area (Å²) in [5.74, 6) is 1.06. The van der Waals surface area contributed by atoms with Gasteiger partial charge in [0.15, 0.2) is 0 Å². The largest absolute Gasteiger partial charge is 0.456 e. The van der Waals surface area contributed by atoms with Crippen LogP contribution in [0.15, 0.2) is 42.7 Å². The van der Waals surface area contributed by atoms with Crippen molar-refractivity contribution in [3.8, 4) is 11.5 Å². The molecule has 5 nitrogen and oxygen atoms in total. The van der Waals surface area contributed by atoms with Gasteiger partial charge in [0, 0.05) is 24.6 Å². The number of aromatic nitrogens is 1. The van der Waals surface area contributed by atoms with E-state index in [1.165, 1.54) is 0 Å². The Balaban J connectivity index is 2.13. The lowest BCUT2D eigenvalue weighted by molar-refractivity contribution is -0.125. The van der Waals surface area contributed by atoms with E-state index in [0.717, 1.165) is 0 Å². The lowest BCUT2D eigenvalue weighted by atomic mass is 9.81. The van der Waals surface area contributed by atoms with Crippen LogP contribution in [0.5, 0.6) is 11.5 Å². The van der Waals surface area contributed by atoms with E-state index in [-0.39, 0.29) is 5.91 Å². The number of rotatable bonds is 7. The molecule has 1 amide bonds. The third-order valence-electron chi connectivity index (χ3n) is 4.29. The van der Waals surface area contributed by atoms with Crippen LogP contribution in [0.4, 0.5) is 5.69 Å². The van der Waals surface area contributed by atoms with Crippen LogP contribution in [0.3, 0.4) is 0 Å². The number of hydrogen-bond donors (Lipinski definition) is 2. The number of amides is 1. The van der Waals surface area contributed by atoms with E-state index in [2.05, 4.69) is 10.3 Å². The van der Waals surface area contributed by atoms with Crippen molar-refractivity contribution in [3.63, 3.8) is 0 Å². The van der Waals surface area contributed by atoms with Gasteiger partial charge in [0.1, 0.15) is 11.5 Å². The van der Waals surface area contributed by atoms with E-state index in [0.29, 0.717) is 41.6 Å². The van der Waals surface area contributed by atoms with Gasteiger partial charge in [-0.1, -0.05) is 25.4 Å². The number of hydrogen-bond acceptors (Lipinski definition) is 4. The third-order valence-corrected chi connectivity index (χ3v) is 4.59. The highest BCUT2D eigenvalue weighted by molar-refractivity contribution is 6.32. The fraction of sp³-hybridized carbons (Fsp3) is 0.333. The molecule has 1 aromatic heterocycles. The summed E-state index contributed by atoms with van der Waals surface area (Å²) in [6.45, 7) is 4.24. The number of anilines is 1. The normalized spacial score (nSPS) is 11.2. The van der Waals surface area contributed by atoms with Crippen LogP contribution in [0.1, 0.15) is 26.7 Å². The van der Waals surface area contributed by atoms with Crippen LogP contribution >= 0.6 is 11.6 Å². The Morgan fingerprint density at radius 3 is 2.46 bits per heavy atom. The average Bonchev–Trinajstić information content (AvgIpc) is 2.60. The molecule has 0 saturated heterocycles. The Morgan fingerprint density at radius 1 is 1.25 bits per heavy atom. The number of nitrogens with one attached hydrogen (secondary N) is 1. The summed E-state index contributed by atoms with van der Waals surface area (Å²) in [4.78, 5) is 16.5. The van der Waals surface area contributed by atoms with Crippen molar-refractivity contribution in [1.29, 1.82) is 0 Å². The van der Waals surface area contributed by atoms with E-state index in [4.69, 9.17) is 22.1 Å². The summed E-state index contributed by atoms with van der Waals surface area (Å²) in [6, 6.07) is 8.63. The van der Waals surface area contributed by atoms with Crippen LogP contribution in [0.25, 0.3) is 0 Å². The number of nitrogens with two attached hydrogens (primary N) is 1. The minimum Gasteiger partial charge on any atom is -0.456 e. The molecule has 0 unspecified atom stereocenters. The van der Waals surface area contributed by atoms with Crippen molar-refractivity contribution >= 4 is 23.2 Å². The molecule has 2 aromatic rings. The van der Waals surface area contributed by atoms with Gasteiger partial charge in [-0.2, -0.15) is 0 Å². The highest BCUT2D eigenvalue weighted by atomic mass is 35.5. The van der Waals surface area contributed by atoms with Gasteiger partial charge in [-0.3, -0.25) is 9.78 Å². The van der Waals surface area contributed by atoms with Gasteiger partial charge in [0.2, 0.25) is 5.91 Å². The van der Waals surface area contributed by atoms with Gasteiger partial charge < -0.3 is 15.8 Å². The minimum atomic E-state index is -0.557. The molecule has 1 aromatic carbocycles. The molecule has 2 rings (SSSR count). The first-order chi connectivity index (χ1) is 11.5. The fourth-order valence-electron chi connectivity index (χ4n) is 2.41. The summed E-state index contributed by atoms with van der Waals surface area (Å²) in [7, 11) is 0. The predicted molar refractivity (Wildman–Crippen MR) is 96.5 cm³/mol. The smallest absolute Gasteiger partial charge is 0.231 e. The number of halogens is 1. The standard InChI is InChI=1S/C18H22ClN3O2/c1-3-18(4-2,12-20)17(23)22-13-5-6-16(15(19)11-13)24-14-7-9-21-10-8-14/h5-11H,3-4,12,20H2,1-2H3,(H,22,23). The average molecular weight is 348 g/mol. The number of nitrogens with zero attached hydrogens (tertiary/aromatic N) is 1. The van der Waals surface area contributed by atoms with Crippen molar-refractivity contribution < 1.29 is 9.53 Å². The topological polar surface area (TPSA) is 77.2 Å². The monoisotopic (exact) mass is 347 g/mol. The SMILES string of the molecule is CCC(CC)(CN)C(=O)Nc1ccc(Oc2ccncc2)c(Cl)c1. The second-order valence-corrected chi connectivity index (χ2v) is 5.98. The number of pyridine rings is 1. The Bertz CT molecular complexity index is 680. The molecule has 0 saturated carbocycles. The van der Waals surface area contributed by atoms with E-state index < -0.39 is 5.41 Å². The fourth-order valence-corrected chi connectivity index (χ4v) is 2.63. The van der Waals surface area contributed by atoms with Crippen molar-refractivity contribution in [2.24, 2.45) is 11.1 Å². The van der Waals surface area contributed by atoms with E-state index in [1.807, 2.05) is 13.8 Å². The third kappa shape index (κ3) is 4.04.